The summed E-state index contributed by atoms with van der Waals surface area (Å²) in [5.41, 5.74) is 6.95. The molecule has 0 unspecified atom stereocenters. The van der Waals surface area contributed by atoms with Gasteiger partial charge in [-0.1, -0.05) is 18.5 Å². The number of anilines is 1. The quantitative estimate of drug-likeness (QED) is 0.790. The topological polar surface area (TPSA) is 84.7 Å². The molecule has 0 radical (unpaired) electrons. The normalized spacial score (nSPS) is 13.9. The van der Waals surface area contributed by atoms with Crippen LogP contribution < -0.4 is 15.8 Å². The van der Waals surface area contributed by atoms with Crippen molar-refractivity contribution in [1.29, 1.82) is 0 Å². The summed E-state index contributed by atoms with van der Waals surface area (Å²) in [6.07, 6.45) is 0.759. The van der Waals surface area contributed by atoms with Crippen LogP contribution in [-0.2, 0) is 17.8 Å². The summed E-state index contributed by atoms with van der Waals surface area (Å²) in [6, 6.07) is 6.75. The number of carbonyl (C=O) groups is 2. The van der Waals surface area contributed by atoms with Crippen molar-refractivity contribution >= 4 is 39.8 Å². The summed E-state index contributed by atoms with van der Waals surface area (Å²) in [4.78, 5) is 27.5. The zero-order chi connectivity index (χ0) is 18.7. The number of halogens is 1. The minimum Gasteiger partial charge on any atom is -0.484 e. The maximum absolute atomic E-state index is 12.2. The smallest absolute Gasteiger partial charge is 0.262 e. The van der Waals surface area contributed by atoms with Crippen molar-refractivity contribution in [3.8, 4) is 5.75 Å². The van der Waals surface area contributed by atoms with E-state index in [2.05, 4.69) is 17.1 Å². The Morgan fingerprint density at radius 2 is 2.08 bits per heavy atom. The van der Waals surface area contributed by atoms with E-state index in [1.807, 2.05) is 0 Å². The van der Waals surface area contributed by atoms with Crippen LogP contribution >= 0.6 is 22.9 Å². The summed E-state index contributed by atoms with van der Waals surface area (Å²) in [5.74, 6) is -0.307. The van der Waals surface area contributed by atoms with Crippen molar-refractivity contribution in [2.75, 3.05) is 25.0 Å². The molecule has 2 amide bonds. The van der Waals surface area contributed by atoms with Gasteiger partial charge >= 0.3 is 0 Å². The average Bonchev–Trinajstić information content (AvgIpc) is 2.98. The van der Waals surface area contributed by atoms with Crippen molar-refractivity contribution in [3.63, 3.8) is 0 Å². The molecule has 3 rings (SSSR count). The fraction of sp³-hybridized carbons (Fsp3) is 0.333. The third kappa shape index (κ3) is 4.17. The number of rotatable bonds is 6. The van der Waals surface area contributed by atoms with Crippen LogP contribution in [0.15, 0.2) is 24.3 Å². The van der Waals surface area contributed by atoms with E-state index in [1.165, 1.54) is 11.3 Å². The standard InChI is InChI=1S/C18H20ClN3O3S/c1-2-22-8-7-13-14(9-22)26-18(16(13)17(20)24)21-15(23)10-25-12-5-3-11(19)4-6-12/h3-6H,2,7-10H2,1H3,(H2,20,24)(H,21,23). The molecule has 0 aliphatic carbocycles. The number of thiophene rings is 1. The van der Waals surface area contributed by atoms with E-state index >= 15 is 0 Å². The third-order valence-electron chi connectivity index (χ3n) is 4.27. The second kappa shape index (κ2) is 8.07. The van der Waals surface area contributed by atoms with E-state index in [-0.39, 0.29) is 12.5 Å². The number of nitrogens with two attached hydrogens (primary N) is 1. The van der Waals surface area contributed by atoms with E-state index in [9.17, 15) is 9.59 Å². The second-order valence-corrected chi connectivity index (χ2v) is 7.52. The number of nitrogens with zero attached hydrogens (tertiary/aromatic N) is 1. The van der Waals surface area contributed by atoms with Crippen LogP contribution in [0.5, 0.6) is 5.75 Å². The number of likely N-dealkylation sites (N-methyl/N-ethyl adjacent to an activating group) is 1. The van der Waals surface area contributed by atoms with Crippen molar-refractivity contribution in [3.05, 3.63) is 45.3 Å². The van der Waals surface area contributed by atoms with E-state index in [4.69, 9.17) is 22.1 Å². The number of amides is 2. The highest BCUT2D eigenvalue weighted by Crippen LogP contribution is 2.36. The number of carbonyl (C=O) groups excluding carboxylic acids is 2. The Labute approximate surface area is 160 Å². The van der Waals surface area contributed by atoms with Gasteiger partial charge in [-0.3, -0.25) is 14.5 Å². The van der Waals surface area contributed by atoms with E-state index in [1.54, 1.807) is 24.3 Å². The summed E-state index contributed by atoms with van der Waals surface area (Å²) in [5, 5.41) is 3.87. The molecule has 1 aromatic heterocycles. The highest BCUT2D eigenvalue weighted by atomic mass is 35.5. The van der Waals surface area contributed by atoms with Crippen molar-refractivity contribution in [2.24, 2.45) is 5.73 Å². The van der Waals surface area contributed by atoms with E-state index < -0.39 is 5.91 Å². The number of primary amides is 1. The lowest BCUT2D eigenvalue weighted by atomic mass is 10.0. The van der Waals surface area contributed by atoms with Gasteiger partial charge in [0.2, 0.25) is 0 Å². The molecule has 0 atom stereocenters. The highest BCUT2D eigenvalue weighted by Gasteiger charge is 2.27. The van der Waals surface area contributed by atoms with Crippen molar-refractivity contribution < 1.29 is 14.3 Å². The first-order valence-corrected chi connectivity index (χ1v) is 9.52. The first-order valence-electron chi connectivity index (χ1n) is 8.32. The molecule has 2 aromatic rings. The molecule has 3 N–H and O–H groups in total. The Kier molecular flexibility index (Phi) is 5.80. The van der Waals surface area contributed by atoms with Crippen LogP contribution in [0.2, 0.25) is 5.02 Å². The summed E-state index contributed by atoms with van der Waals surface area (Å²) in [6.45, 7) is 4.54. The summed E-state index contributed by atoms with van der Waals surface area (Å²) in [7, 11) is 0. The molecule has 1 aliphatic rings. The molecule has 8 heteroatoms. The average molecular weight is 394 g/mol. The largest absolute Gasteiger partial charge is 0.484 e. The number of nitrogens with one attached hydrogen (secondary N) is 1. The van der Waals surface area contributed by atoms with Crippen LogP contribution in [0.1, 0.15) is 27.7 Å². The third-order valence-corrected chi connectivity index (χ3v) is 5.65. The molecule has 0 bridgehead atoms. The first-order chi connectivity index (χ1) is 12.5. The molecule has 1 aliphatic heterocycles. The van der Waals surface area contributed by atoms with Crippen LogP contribution in [0.4, 0.5) is 5.00 Å². The molecular weight excluding hydrogens is 374 g/mol. The number of hydrogen-bond acceptors (Lipinski definition) is 5. The lowest BCUT2D eigenvalue weighted by Crippen LogP contribution is -2.30. The van der Waals surface area contributed by atoms with Crippen molar-refractivity contribution in [1.82, 2.24) is 4.90 Å². The van der Waals surface area contributed by atoms with Gasteiger partial charge in [-0.05, 0) is 42.8 Å². The van der Waals surface area contributed by atoms with Crippen LogP contribution in [0.25, 0.3) is 0 Å². The Bertz CT molecular complexity index is 820. The molecule has 0 saturated heterocycles. The number of benzene rings is 1. The van der Waals surface area contributed by atoms with E-state index in [0.29, 0.717) is 21.3 Å². The fourth-order valence-electron chi connectivity index (χ4n) is 2.92. The first kappa shape index (κ1) is 18.7. The Hall–Kier alpha value is -2.09. The lowest BCUT2D eigenvalue weighted by molar-refractivity contribution is -0.118. The highest BCUT2D eigenvalue weighted by molar-refractivity contribution is 7.17. The van der Waals surface area contributed by atoms with Gasteiger partial charge in [0, 0.05) is 23.0 Å². The van der Waals surface area contributed by atoms with Gasteiger partial charge in [0.05, 0.1) is 5.56 Å². The molecular formula is C18H20ClN3O3S. The van der Waals surface area contributed by atoms with Gasteiger partial charge in [0.25, 0.3) is 11.8 Å². The SMILES string of the molecule is CCN1CCc2c(sc(NC(=O)COc3ccc(Cl)cc3)c2C(N)=O)C1. The number of fused-ring (bicyclic) bond motifs is 1. The second-order valence-electron chi connectivity index (χ2n) is 5.98. The Morgan fingerprint density at radius 1 is 1.35 bits per heavy atom. The monoisotopic (exact) mass is 393 g/mol. The minimum atomic E-state index is -0.513. The van der Waals surface area contributed by atoms with Crippen LogP contribution in [-0.4, -0.2) is 36.4 Å². The maximum Gasteiger partial charge on any atom is 0.262 e. The van der Waals surface area contributed by atoms with Gasteiger partial charge in [-0.2, -0.15) is 0 Å². The van der Waals surface area contributed by atoms with Gasteiger partial charge in [0.15, 0.2) is 6.61 Å². The Morgan fingerprint density at radius 3 is 2.73 bits per heavy atom. The molecule has 2 heterocycles. The lowest BCUT2D eigenvalue weighted by Gasteiger charge is -2.25. The Balaban J connectivity index is 1.70. The summed E-state index contributed by atoms with van der Waals surface area (Å²) >= 11 is 7.23. The van der Waals surface area contributed by atoms with Crippen LogP contribution in [0, 0.1) is 0 Å². The maximum atomic E-state index is 12.2. The molecule has 6 nitrogen and oxygen atoms in total. The van der Waals surface area contributed by atoms with Crippen molar-refractivity contribution in [2.45, 2.75) is 19.9 Å². The van der Waals surface area contributed by atoms with Gasteiger partial charge in [-0.15, -0.1) is 11.3 Å². The van der Waals surface area contributed by atoms with Gasteiger partial charge in [-0.25, -0.2) is 0 Å². The zero-order valence-corrected chi connectivity index (χ0v) is 16.0. The number of hydrogen-bond donors (Lipinski definition) is 2. The molecule has 1 aromatic carbocycles. The minimum absolute atomic E-state index is 0.163. The predicted octanol–water partition coefficient (Wildman–Crippen LogP) is 2.90. The fourth-order valence-corrected chi connectivity index (χ4v) is 4.35. The number of ether oxygens (including phenoxy) is 1. The van der Waals surface area contributed by atoms with E-state index in [0.717, 1.165) is 36.5 Å². The predicted molar refractivity (Wildman–Crippen MR) is 103 cm³/mol. The van der Waals surface area contributed by atoms with Crippen LogP contribution in [0.3, 0.4) is 0 Å². The molecule has 0 fully saturated rings. The molecule has 0 spiro atoms. The molecule has 26 heavy (non-hydrogen) atoms. The summed E-state index contributed by atoms with van der Waals surface area (Å²) < 4.78 is 5.44. The van der Waals surface area contributed by atoms with Gasteiger partial charge < -0.3 is 15.8 Å². The van der Waals surface area contributed by atoms with Gasteiger partial charge in [0.1, 0.15) is 10.8 Å². The molecule has 0 saturated carbocycles. The zero-order valence-electron chi connectivity index (χ0n) is 14.4. The molecule has 138 valence electrons.